The molecule has 0 saturated heterocycles. The summed E-state index contributed by atoms with van der Waals surface area (Å²) in [6.45, 7) is 4.66. The molecule has 1 aliphatic carbocycles. The van der Waals surface area contributed by atoms with Gasteiger partial charge in [0.1, 0.15) is 0 Å². The number of hydrogen-bond donors (Lipinski definition) is 0. The molecule has 1 saturated carbocycles. The van der Waals surface area contributed by atoms with Crippen LogP contribution in [0.2, 0.25) is 0 Å². The van der Waals surface area contributed by atoms with Crippen LogP contribution >= 0.6 is 0 Å². The number of carbonyl (C=O) groups is 1. The Morgan fingerprint density at radius 1 is 1.06 bits per heavy atom. The molecule has 18 heavy (non-hydrogen) atoms. The van der Waals surface area contributed by atoms with Crippen molar-refractivity contribution in [2.75, 3.05) is 6.61 Å². The molecule has 0 aromatic heterocycles. The minimum absolute atomic E-state index is 0.0234. The lowest BCUT2D eigenvalue weighted by Gasteiger charge is -2.10. The number of rotatable bonds is 9. The van der Waals surface area contributed by atoms with Crippen molar-refractivity contribution in [1.82, 2.24) is 0 Å². The summed E-state index contributed by atoms with van der Waals surface area (Å²) >= 11 is 0. The van der Waals surface area contributed by atoms with Crippen molar-refractivity contribution in [1.29, 1.82) is 0 Å². The number of hydrogen-bond acceptors (Lipinski definition) is 2. The maximum atomic E-state index is 11.2. The Morgan fingerprint density at radius 3 is 2.33 bits per heavy atom. The van der Waals surface area contributed by atoms with E-state index in [1.807, 2.05) is 6.92 Å². The van der Waals surface area contributed by atoms with Crippen LogP contribution in [0.15, 0.2) is 0 Å². The maximum absolute atomic E-state index is 11.2. The van der Waals surface area contributed by atoms with Crippen LogP contribution in [0.5, 0.6) is 0 Å². The first-order valence-electron chi connectivity index (χ1n) is 7.91. The lowest BCUT2D eigenvalue weighted by atomic mass is 9.96. The summed E-state index contributed by atoms with van der Waals surface area (Å²) in [5.41, 5.74) is 0. The van der Waals surface area contributed by atoms with Crippen molar-refractivity contribution >= 4 is 5.97 Å². The minimum Gasteiger partial charge on any atom is -0.466 e. The monoisotopic (exact) mass is 254 g/mol. The summed E-state index contributed by atoms with van der Waals surface area (Å²) in [6.07, 6.45) is 12.6. The van der Waals surface area contributed by atoms with Gasteiger partial charge in [0.05, 0.1) is 6.61 Å². The topological polar surface area (TPSA) is 26.3 Å². The van der Waals surface area contributed by atoms with E-state index in [1.54, 1.807) is 0 Å². The Morgan fingerprint density at radius 2 is 1.72 bits per heavy atom. The zero-order valence-electron chi connectivity index (χ0n) is 12.2. The molecule has 1 rings (SSSR count). The molecule has 0 heterocycles. The summed E-state index contributed by atoms with van der Waals surface area (Å²) in [5.74, 6) is 1.92. The first-order chi connectivity index (χ1) is 8.76. The second-order valence-electron chi connectivity index (χ2n) is 5.74. The maximum Gasteiger partial charge on any atom is 0.305 e. The van der Waals surface area contributed by atoms with Crippen LogP contribution in [-0.2, 0) is 9.53 Å². The van der Waals surface area contributed by atoms with E-state index in [0.29, 0.717) is 13.0 Å². The van der Waals surface area contributed by atoms with Gasteiger partial charge < -0.3 is 4.74 Å². The van der Waals surface area contributed by atoms with E-state index in [1.165, 1.54) is 51.4 Å². The molecule has 2 atom stereocenters. The van der Waals surface area contributed by atoms with Gasteiger partial charge in [-0.25, -0.2) is 0 Å². The SMILES string of the molecule is CCCCC1CCC(CCCCC(=O)OCC)C1. The largest absolute Gasteiger partial charge is 0.466 e. The van der Waals surface area contributed by atoms with Crippen molar-refractivity contribution in [3.8, 4) is 0 Å². The highest BCUT2D eigenvalue weighted by Gasteiger charge is 2.23. The average molecular weight is 254 g/mol. The van der Waals surface area contributed by atoms with Crippen LogP contribution in [0.1, 0.15) is 78.1 Å². The van der Waals surface area contributed by atoms with Crippen molar-refractivity contribution in [3.63, 3.8) is 0 Å². The molecule has 2 heteroatoms. The molecule has 2 nitrogen and oxygen atoms in total. The lowest BCUT2D eigenvalue weighted by Crippen LogP contribution is -2.04. The number of unbranched alkanes of at least 4 members (excludes halogenated alkanes) is 2. The quantitative estimate of drug-likeness (QED) is 0.440. The predicted molar refractivity (Wildman–Crippen MR) is 75.5 cm³/mol. The first-order valence-corrected chi connectivity index (χ1v) is 7.91. The third-order valence-corrected chi connectivity index (χ3v) is 4.16. The smallest absolute Gasteiger partial charge is 0.305 e. The summed E-state index contributed by atoms with van der Waals surface area (Å²) in [4.78, 5) is 11.2. The van der Waals surface area contributed by atoms with Gasteiger partial charge in [0, 0.05) is 6.42 Å². The van der Waals surface area contributed by atoms with Crippen molar-refractivity contribution < 1.29 is 9.53 Å². The standard InChI is InChI=1S/C16H30O2/c1-3-5-8-14-11-12-15(13-14)9-6-7-10-16(17)18-4-2/h14-15H,3-13H2,1-2H3. The normalized spacial score (nSPS) is 23.2. The molecule has 0 N–H and O–H groups in total. The summed E-state index contributed by atoms with van der Waals surface area (Å²) < 4.78 is 4.94. The van der Waals surface area contributed by atoms with Gasteiger partial charge in [-0.05, 0) is 31.6 Å². The Balaban J connectivity index is 1.98. The Bertz CT molecular complexity index is 225. The third-order valence-electron chi connectivity index (χ3n) is 4.16. The van der Waals surface area contributed by atoms with Gasteiger partial charge in [0.2, 0.25) is 0 Å². The van der Waals surface area contributed by atoms with Gasteiger partial charge in [0.15, 0.2) is 0 Å². The van der Waals surface area contributed by atoms with Crippen molar-refractivity contribution in [2.45, 2.75) is 78.1 Å². The highest BCUT2D eigenvalue weighted by atomic mass is 16.5. The number of ether oxygens (including phenoxy) is 1. The molecule has 1 fully saturated rings. The molecule has 0 aliphatic heterocycles. The van der Waals surface area contributed by atoms with E-state index in [-0.39, 0.29) is 5.97 Å². The lowest BCUT2D eigenvalue weighted by molar-refractivity contribution is -0.143. The van der Waals surface area contributed by atoms with Crippen LogP contribution in [0, 0.1) is 11.8 Å². The fraction of sp³-hybridized carbons (Fsp3) is 0.938. The molecular weight excluding hydrogens is 224 g/mol. The highest BCUT2D eigenvalue weighted by molar-refractivity contribution is 5.69. The van der Waals surface area contributed by atoms with Crippen molar-refractivity contribution in [2.24, 2.45) is 11.8 Å². The molecule has 0 bridgehead atoms. The first kappa shape index (κ1) is 15.5. The summed E-state index contributed by atoms with van der Waals surface area (Å²) in [5, 5.41) is 0. The number of esters is 1. The zero-order chi connectivity index (χ0) is 13.2. The van der Waals surface area contributed by atoms with Gasteiger partial charge in [-0.15, -0.1) is 0 Å². The average Bonchev–Trinajstić information content (AvgIpc) is 2.80. The van der Waals surface area contributed by atoms with E-state index in [9.17, 15) is 4.79 Å². The molecule has 0 spiro atoms. The van der Waals surface area contributed by atoms with Crippen LogP contribution in [-0.4, -0.2) is 12.6 Å². The minimum atomic E-state index is -0.0234. The third kappa shape index (κ3) is 6.42. The molecule has 0 radical (unpaired) electrons. The van der Waals surface area contributed by atoms with Crippen molar-refractivity contribution in [3.05, 3.63) is 0 Å². The fourth-order valence-corrected chi connectivity index (χ4v) is 3.13. The van der Waals surface area contributed by atoms with E-state index in [0.717, 1.165) is 18.3 Å². The van der Waals surface area contributed by atoms with E-state index in [2.05, 4.69) is 6.92 Å². The van der Waals surface area contributed by atoms with Crippen LogP contribution < -0.4 is 0 Å². The second-order valence-corrected chi connectivity index (χ2v) is 5.74. The van der Waals surface area contributed by atoms with E-state index >= 15 is 0 Å². The molecule has 2 unspecified atom stereocenters. The highest BCUT2D eigenvalue weighted by Crippen LogP contribution is 2.36. The molecule has 1 aliphatic rings. The van der Waals surface area contributed by atoms with Crippen LogP contribution in [0.25, 0.3) is 0 Å². The molecule has 0 aromatic carbocycles. The predicted octanol–water partition coefficient (Wildman–Crippen LogP) is 4.72. The summed E-state index contributed by atoms with van der Waals surface area (Å²) in [7, 11) is 0. The Kier molecular flexibility index (Phi) is 8.11. The van der Waals surface area contributed by atoms with Gasteiger partial charge in [0.25, 0.3) is 0 Å². The fourth-order valence-electron chi connectivity index (χ4n) is 3.13. The van der Waals surface area contributed by atoms with Gasteiger partial charge in [-0.1, -0.05) is 51.9 Å². The molecule has 0 aromatic rings. The molecule has 106 valence electrons. The van der Waals surface area contributed by atoms with E-state index < -0.39 is 0 Å². The Labute approximate surface area is 112 Å². The summed E-state index contributed by atoms with van der Waals surface area (Å²) in [6, 6.07) is 0. The van der Waals surface area contributed by atoms with Crippen LogP contribution in [0.3, 0.4) is 0 Å². The van der Waals surface area contributed by atoms with Gasteiger partial charge in [-0.3, -0.25) is 4.79 Å². The second kappa shape index (κ2) is 9.41. The van der Waals surface area contributed by atoms with Gasteiger partial charge >= 0.3 is 5.97 Å². The van der Waals surface area contributed by atoms with Crippen LogP contribution in [0.4, 0.5) is 0 Å². The molecule has 0 amide bonds. The zero-order valence-corrected chi connectivity index (χ0v) is 12.2. The molecular formula is C16H30O2. The number of carbonyl (C=O) groups excluding carboxylic acids is 1. The van der Waals surface area contributed by atoms with E-state index in [4.69, 9.17) is 4.74 Å². The van der Waals surface area contributed by atoms with Gasteiger partial charge in [-0.2, -0.15) is 0 Å². The Hall–Kier alpha value is -0.530.